The maximum absolute atomic E-state index is 12.6. The van der Waals surface area contributed by atoms with Crippen molar-refractivity contribution < 1.29 is 26.4 Å². The smallest absolute Gasteiger partial charge is 0.357 e. The van der Waals surface area contributed by atoms with Crippen LogP contribution in [0.1, 0.15) is 32.6 Å². The summed E-state index contributed by atoms with van der Waals surface area (Å²) in [4.78, 5) is 18.1. The van der Waals surface area contributed by atoms with Gasteiger partial charge in [0.1, 0.15) is 6.54 Å². The number of carbonyl (C=O) groups is 1. The third-order valence-corrected chi connectivity index (χ3v) is 6.23. The van der Waals surface area contributed by atoms with E-state index >= 15 is 0 Å². The molecule has 0 radical (unpaired) electrons. The molecule has 2 saturated heterocycles. The van der Waals surface area contributed by atoms with E-state index in [9.17, 15) is 26.4 Å². The van der Waals surface area contributed by atoms with Gasteiger partial charge in [-0.2, -0.15) is 17.5 Å². The molecule has 0 atom stereocenters. The molecule has 2 N–H and O–H groups in total. The summed E-state index contributed by atoms with van der Waals surface area (Å²) >= 11 is 0. The molecule has 2 aliphatic heterocycles. The van der Waals surface area contributed by atoms with Crippen LogP contribution in [-0.2, 0) is 14.8 Å². The predicted molar refractivity (Wildman–Crippen MR) is 94.5 cm³/mol. The third-order valence-electron chi connectivity index (χ3n) is 4.60. The van der Waals surface area contributed by atoms with Crippen LogP contribution in [0.15, 0.2) is 4.99 Å². The molecule has 0 saturated carbocycles. The molecule has 12 heteroatoms. The van der Waals surface area contributed by atoms with Gasteiger partial charge in [-0.3, -0.25) is 4.79 Å². The average molecular weight is 413 g/mol. The van der Waals surface area contributed by atoms with E-state index in [1.54, 1.807) is 4.90 Å². The van der Waals surface area contributed by atoms with Gasteiger partial charge in [-0.05, 0) is 32.6 Å². The van der Waals surface area contributed by atoms with Crippen molar-refractivity contribution in [3.05, 3.63) is 0 Å². The van der Waals surface area contributed by atoms with Crippen molar-refractivity contribution in [1.82, 2.24) is 19.8 Å². The van der Waals surface area contributed by atoms with Gasteiger partial charge in [0.05, 0.1) is 0 Å². The van der Waals surface area contributed by atoms with Gasteiger partial charge in [0.25, 0.3) is 0 Å². The third kappa shape index (κ3) is 5.71. The molecule has 27 heavy (non-hydrogen) atoms. The van der Waals surface area contributed by atoms with Gasteiger partial charge in [0, 0.05) is 38.8 Å². The fourth-order valence-electron chi connectivity index (χ4n) is 3.11. The lowest BCUT2D eigenvalue weighted by Gasteiger charge is -2.32. The monoisotopic (exact) mass is 413 g/mol. The van der Waals surface area contributed by atoms with Crippen LogP contribution in [0.5, 0.6) is 0 Å². The van der Waals surface area contributed by atoms with Crippen molar-refractivity contribution in [2.24, 2.45) is 4.99 Å². The van der Waals surface area contributed by atoms with E-state index in [0.717, 1.165) is 25.9 Å². The summed E-state index contributed by atoms with van der Waals surface area (Å²) in [7, 11) is -5.28. The second kappa shape index (κ2) is 9.09. The summed E-state index contributed by atoms with van der Waals surface area (Å²) in [5.74, 6) is 0.345. The first-order valence-corrected chi connectivity index (χ1v) is 10.5. The highest BCUT2D eigenvalue weighted by atomic mass is 32.2. The Bertz CT molecular complexity index is 640. The molecule has 0 bridgehead atoms. The molecule has 0 aromatic heterocycles. The van der Waals surface area contributed by atoms with E-state index < -0.39 is 15.5 Å². The van der Waals surface area contributed by atoms with Crippen LogP contribution in [0, 0.1) is 0 Å². The minimum Gasteiger partial charge on any atom is -0.357 e. The number of likely N-dealkylation sites (tertiary alicyclic amines) is 1. The Kier molecular flexibility index (Phi) is 7.32. The molecule has 156 valence electrons. The number of aliphatic imine (C=N–C) groups is 1. The Balaban J connectivity index is 1.88. The molecular weight excluding hydrogens is 387 g/mol. The van der Waals surface area contributed by atoms with Gasteiger partial charge >= 0.3 is 15.5 Å². The van der Waals surface area contributed by atoms with Crippen molar-refractivity contribution in [1.29, 1.82) is 0 Å². The van der Waals surface area contributed by atoms with Crippen LogP contribution in [0.2, 0.25) is 0 Å². The van der Waals surface area contributed by atoms with E-state index in [1.165, 1.54) is 0 Å². The van der Waals surface area contributed by atoms with Crippen LogP contribution in [0.4, 0.5) is 13.2 Å². The van der Waals surface area contributed by atoms with Crippen LogP contribution >= 0.6 is 0 Å². The minimum absolute atomic E-state index is 0.00334. The van der Waals surface area contributed by atoms with Crippen molar-refractivity contribution in [3.8, 4) is 0 Å². The number of sulfonamides is 1. The molecule has 2 heterocycles. The summed E-state index contributed by atoms with van der Waals surface area (Å²) in [6.07, 6.45) is 2.43. The molecule has 0 spiro atoms. The number of hydrogen-bond donors (Lipinski definition) is 2. The average Bonchev–Trinajstić information content (AvgIpc) is 3.14. The van der Waals surface area contributed by atoms with E-state index in [4.69, 9.17) is 0 Å². The van der Waals surface area contributed by atoms with Crippen molar-refractivity contribution in [2.45, 2.75) is 44.2 Å². The zero-order valence-corrected chi connectivity index (χ0v) is 16.1. The maximum Gasteiger partial charge on any atom is 0.511 e. The van der Waals surface area contributed by atoms with Crippen molar-refractivity contribution in [3.63, 3.8) is 0 Å². The first kappa shape index (κ1) is 21.7. The van der Waals surface area contributed by atoms with Gasteiger partial charge < -0.3 is 15.5 Å². The lowest BCUT2D eigenvalue weighted by molar-refractivity contribution is -0.128. The SMILES string of the molecule is CCNC(=NCC(=O)N1CCCC1)NC1CCN(S(=O)(=O)C(F)(F)F)CC1. The van der Waals surface area contributed by atoms with Crippen LogP contribution in [-0.4, -0.2) is 80.3 Å². The number of nitrogens with one attached hydrogen (secondary N) is 2. The van der Waals surface area contributed by atoms with E-state index in [-0.39, 0.29) is 44.4 Å². The van der Waals surface area contributed by atoms with Gasteiger partial charge in [-0.1, -0.05) is 0 Å². The number of piperidine rings is 1. The first-order chi connectivity index (χ1) is 12.6. The lowest BCUT2D eigenvalue weighted by Crippen LogP contribution is -2.51. The number of alkyl halides is 3. The molecule has 1 amide bonds. The van der Waals surface area contributed by atoms with Crippen LogP contribution < -0.4 is 10.6 Å². The molecule has 0 aromatic carbocycles. The summed E-state index contributed by atoms with van der Waals surface area (Å²) in [6, 6.07) is -0.218. The van der Waals surface area contributed by atoms with E-state index in [2.05, 4.69) is 15.6 Å². The highest BCUT2D eigenvalue weighted by Gasteiger charge is 2.50. The van der Waals surface area contributed by atoms with Crippen LogP contribution in [0.25, 0.3) is 0 Å². The highest BCUT2D eigenvalue weighted by Crippen LogP contribution is 2.28. The Morgan fingerprint density at radius 2 is 1.74 bits per heavy atom. The quantitative estimate of drug-likeness (QED) is 0.505. The first-order valence-electron chi connectivity index (χ1n) is 9.04. The zero-order chi connectivity index (χ0) is 20.1. The topological polar surface area (TPSA) is 94.1 Å². The number of rotatable bonds is 5. The summed E-state index contributed by atoms with van der Waals surface area (Å²) in [6.45, 7) is 3.46. The predicted octanol–water partition coefficient (Wildman–Crippen LogP) is 0.478. The second-order valence-corrected chi connectivity index (χ2v) is 8.48. The lowest BCUT2D eigenvalue weighted by atomic mass is 10.1. The number of guanidine groups is 1. The molecule has 2 aliphatic rings. The molecule has 2 rings (SSSR count). The molecular formula is C15H26F3N5O3S. The Morgan fingerprint density at radius 1 is 1.15 bits per heavy atom. The number of amides is 1. The van der Waals surface area contributed by atoms with E-state index in [1.807, 2.05) is 6.92 Å². The number of nitrogens with zero attached hydrogens (tertiary/aromatic N) is 3. The van der Waals surface area contributed by atoms with Crippen molar-refractivity contribution >= 4 is 21.9 Å². The fraction of sp³-hybridized carbons (Fsp3) is 0.867. The normalized spacial score (nSPS) is 20.7. The summed E-state index contributed by atoms with van der Waals surface area (Å²) in [5, 5.41) is 6.08. The standard InChI is InChI=1S/C15H26F3N5O3S/c1-2-19-14(20-11-13(24)22-7-3-4-8-22)21-12-5-9-23(10-6-12)27(25,26)15(16,17)18/h12H,2-11H2,1H3,(H2,19,20,21). The molecule has 0 aromatic rings. The fourth-order valence-corrected chi connectivity index (χ4v) is 4.10. The van der Waals surface area contributed by atoms with Gasteiger partial charge in [0.2, 0.25) is 5.91 Å². The Morgan fingerprint density at radius 3 is 2.26 bits per heavy atom. The number of halogens is 3. The number of carbonyl (C=O) groups excluding carboxylic acids is 1. The van der Waals surface area contributed by atoms with Gasteiger partial charge in [-0.25, -0.2) is 13.4 Å². The molecule has 2 fully saturated rings. The summed E-state index contributed by atoms with van der Waals surface area (Å²) < 4.78 is 61.2. The molecule has 0 aliphatic carbocycles. The summed E-state index contributed by atoms with van der Waals surface area (Å²) in [5.41, 5.74) is -5.28. The zero-order valence-electron chi connectivity index (χ0n) is 15.3. The highest BCUT2D eigenvalue weighted by molar-refractivity contribution is 7.90. The van der Waals surface area contributed by atoms with Crippen LogP contribution in [0.3, 0.4) is 0 Å². The number of hydrogen-bond acceptors (Lipinski definition) is 4. The Labute approximate surface area is 157 Å². The minimum atomic E-state index is -5.28. The molecule has 0 unspecified atom stereocenters. The Hall–Kier alpha value is -1.56. The van der Waals surface area contributed by atoms with Gasteiger partial charge in [0.15, 0.2) is 5.96 Å². The van der Waals surface area contributed by atoms with Crippen molar-refractivity contribution in [2.75, 3.05) is 39.3 Å². The second-order valence-electron chi connectivity index (χ2n) is 6.55. The van der Waals surface area contributed by atoms with E-state index in [0.29, 0.717) is 16.8 Å². The maximum atomic E-state index is 12.6. The molecule has 8 nitrogen and oxygen atoms in total. The van der Waals surface area contributed by atoms with Gasteiger partial charge in [-0.15, -0.1) is 0 Å². The largest absolute Gasteiger partial charge is 0.511 e.